The van der Waals surface area contributed by atoms with Crippen LogP contribution in [-0.2, 0) is 19.1 Å². The molecule has 0 bridgehead atoms. The van der Waals surface area contributed by atoms with Crippen molar-refractivity contribution in [3.8, 4) is 6.07 Å². The van der Waals surface area contributed by atoms with E-state index in [2.05, 4.69) is 16.7 Å². The van der Waals surface area contributed by atoms with Crippen LogP contribution in [-0.4, -0.2) is 85.0 Å². The zero-order valence-electron chi connectivity index (χ0n) is 17.8. The van der Waals surface area contributed by atoms with Crippen molar-refractivity contribution in [1.82, 2.24) is 20.4 Å². The largest absolute Gasteiger partial charge is 0.464 e. The third kappa shape index (κ3) is 5.29. The highest BCUT2D eigenvalue weighted by atomic mass is 16.5. The molecule has 2 N–H and O–H groups in total. The molecule has 0 aromatic rings. The fourth-order valence-corrected chi connectivity index (χ4v) is 4.73. The van der Waals surface area contributed by atoms with Crippen LogP contribution in [0.15, 0.2) is 0 Å². The number of esters is 1. The Kier molecular flexibility index (Phi) is 8.05. The molecule has 2 amide bonds. The van der Waals surface area contributed by atoms with Gasteiger partial charge in [0.05, 0.1) is 19.2 Å². The standard InChI is InChI=1S/C21H33N5O4/c1-2-30-21(29)18-13-23-9-11-26(18)20(28)15-5-7-16(8-6-15)24-14-19(27)25-10-3-4-17(25)12-22/h15-18,23-24H,2-11,13-14H2,1H3/t15-,16-,17?,18-/m0/s1. The first kappa shape index (κ1) is 22.5. The number of nitrogens with zero attached hydrogens (tertiary/aromatic N) is 3. The average molecular weight is 420 g/mol. The normalized spacial score (nSPS) is 29.3. The van der Waals surface area contributed by atoms with Gasteiger partial charge in [-0.3, -0.25) is 9.59 Å². The van der Waals surface area contributed by atoms with Crippen molar-refractivity contribution < 1.29 is 19.1 Å². The van der Waals surface area contributed by atoms with E-state index in [1.807, 2.05) is 0 Å². The number of rotatable bonds is 6. The molecular formula is C21H33N5O4. The van der Waals surface area contributed by atoms with Crippen LogP contribution < -0.4 is 10.6 Å². The van der Waals surface area contributed by atoms with Crippen LogP contribution in [0.4, 0.5) is 0 Å². The maximum Gasteiger partial charge on any atom is 0.330 e. The highest BCUT2D eigenvalue weighted by molar-refractivity contribution is 5.86. The molecule has 1 unspecified atom stereocenters. The second kappa shape index (κ2) is 10.7. The van der Waals surface area contributed by atoms with E-state index in [-0.39, 0.29) is 42.3 Å². The van der Waals surface area contributed by atoms with Crippen LogP contribution in [0.25, 0.3) is 0 Å². The van der Waals surface area contributed by atoms with Crippen molar-refractivity contribution in [3.63, 3.8) is 0 Å². The number of ether oxygens (including phenoxy) is 1. The Morgan fingerprint density at radius 1 is 1.13 bits per heavy atom. The van der Waals surface area contributed by atoms with Crippen molar-refractivity contribution in [2.24, 2.45) is 5.92 Å². The Labute approximate surface area is 178 Å². The molecule has 2 saturated heterocycles. The van der Waals surface area contributed by atoms with Gasteiger partial charge in [0, 0.05) is 38.1 Å². The van der Waals surface area contributed by atoms with Crippen molar-refractivity contribution in [1.29, 1.82) is 5.26 Å². The Hall–Kier alpha value is -2.18. The van der Waals surface area contributed by atoms with E-state index in [0.717, 1.165) is 38.5 Å². The minimum atomic E-state index is -0.548. The van der Waals surface area contributed by atoms with Crippen LogP contribution in [0.2, 0.25) is 0 Å². The first-order valence-corrected chi connectivity index (χ1v) is 11.2. The number of carbonyl (C=O) groups excluding carboxylic acids is 3. The summed E-state index contributed by atoms with van der Waals surface area (Å²) in [7, 11) is 0. The first-order valence-electron chi connectivity index (χ1n) is 11.2. The predicted molar refractivity (Wildman–Crippen MR) is 109 cm³/mol. The predicted octanol–water partition coefficient (Wildman–Crippen LogP) is 0.0129. The lowest BCUT2D eigenvalue weighted by Crippen LogP contribution is -2.59. The highest BCUT2D eigenvalue weighted by Crippen LogP contribution is 2.27. The number of nitrogens with one attached hydrogen (secondary N) is 2. The summed E-state index contributed by atoms with van der Waals surface area (Å²) < 4.78 is 5.14. The maximum absolute atomic E-state index is 13.1. The maximum atomic E-state index is 13.1. The Balaban J connectivity index is 1.45. The lowest BCUT2D eigenvalue weighted by atomic mass is 9.84. The van der Waals surface area contributed by atoms with Gasteiger partial charge in [0.25, 0.3) is 0 Å². The van der Waals surface area contributed by atoms with E-state index < -0.39 is 6.04 Å². The minimum Gasteiger partial charge on any atom is -0.464 e. The number of hydrogen-bond donors (Lipinski definition) is 2. The van der Waals surface area contributed by atoms with Crippen LogP contribution in [0.5, 0.6) is 0 Å². The van der Waals surface area contributed by atoms with Crippen LogP contribution in [0, 0.1) is 17.2 Å². The summed E-state index contributed by atoms with van der Waals surface area (Å²) in [6.07, 6.45) is 4.77. The number of piperazine rings is 1. The van der Waals surface area contributed by atoms with Gasteiger partial charge in [0.1, 0.15) is 12.1 Å². The molecule has 3 aliphatic rings. The third-order valence-corrected chi connectivity index (χ3v) is 6.43. The van der Waals surface area contributed by atoms with Gasteiger partial charge in [-0.15, -0.1) is 0 Å². The summed E-state index contributed by atoms with van der Waals surface area (Å²) in [6, 6.07) is 1.56. The second-order valence-electron chi connectivity index (χ2n) is 8.31. The number of carbonyl (C=O) groups is 3. The highest BCUT2D eigenvalue weighted by Gasteiger charge is 2.37. The Morgan fingerprint density at radius 3 is 2.60 bits per heavy atom. The van der Waals surface area contributed by atoms with Gasteiger partial charge in [0.15, 0.2) is 0 Å². The number of amides is 2. The van der Waals surface area contributed by atoms with Crippen molar-refractivity contribution in [2.75, 3.05) is 39.3 Å². The molecule has 0 aromatic carbocycles. The van der Waals surface area contributed by atoms with Crippen molar-refractivity contribution in [2.45, 2.75) is 63.6 Å². The van der Waals surface area contributed by atoms with Crippen LogP contribution in [0.1, 0.15) is 45.4 Å². The van der Waals surface area contributed by atoms with E-state index in [1.54, 1.807) is 16.7 Å². The summed E-state index contributed by atoms with van der Waals surface area (Å²) in [6.45, 7) is 4.61. The average Bonchev–Trinajstić information content (AvgIpc) is 3.26. The molecule has 3 rings (SSSR count). The molecule has 9 heteroatoms. The molecule has 0 radical (unpaired) electrons. The van der Waals surface area contributed by atoms with E-state index in [9.17, 15) is 14.4 Å². The topological polar surface area (TPSA) is 115 Å². The second-order valence-corrected chi connectivity index (χ2v) is 8.31. The van der Waals surface area contributed by atoms with E-state index in [4.69, 9.17) is 10.00 Å². The fourth-order valence-electron chi connectivity index (χ4n) is 4.73. The van der Waals surface area contributed by atoms with Crippen LogP contribution >= 0.6 is 0 Å². The Morgan fingerprint density at radius 2 is 1.90 bits per heavy atom. The number of hydrogen-bond acceptors (Lipinski definition) is 7. The van der Waals surface area contributed by atoms with Crippen LogP contribution in [0.3, 0.4) is 0 Å². The SMILES string of the molecule is CCOC(=O)[C@@H]1CNCCN1C(=O)[C@H]1CC[C@H](NCC(=O)N2CCCC2C#N)CC1. The van der Waals surface area contributed by atoms with Gasteiger partial charge in [0.2, 0.25) is 11.8 Å². The van der Waals surface area contributed by atoms with E-state index in [0.29, 0.717) is 32.8 Å². The summed E-state index contributed by atoms with van der Waals surface area (Å²) in [5.41, 5.74) is 0. The van der Waals surface area contributed by atoms with Gasteiger partial charge >= 0.3 is 5.97 Å². The van der Waals surface area contributed by atoms with Gasteiger partial charge in [-0.1, -0.05) is 0 Å². The van der Waals surface area contributed by atoms with Gasteiger partial charge in [-0.2, -0.15) is 5.26 Å². The zero-order valence-corrected chi connectivity index (χ0v) is 17.8. The summed E-state index contributed by atoms with van der Waals surface area (Å²) in [5, 5.41) is 15.6. The van der Waals surface area contributed by atoms with Crippen molar-refractivity contribution in [3.05, 3.63) is 0 Å². The minimum absolute atomic E-state index is 0.0182. The molecule has 0 spiro atoms. The van der Waals surface area contributed by atoms with Gasteiger partial charge in [-0.25, -0.2) is 4.79 Å². The molecule has 9 nitrogen and oxygen atoms in total. The lowest BCUT2D eigenvalue weighted by molar-refractivity contribution is -0.157. The molecule has 2 atom stereocenters. The molecule has 30 heavy (non-hydrogen) atoms. The first-order chi connectivity index (χ1) is 14.5. The summed E-state index contributed by atoms with van der Waals surface area (Å²) in [4.78, 5) is 41.0. The fraction of sp³-hybridized carbons (Fsp3) is 0.810. The molecule has 3 fully saturated rings. The van der Waals surface area contributed by atoms with Crippen molar-refractivity contribution >= 4 is 17.8 Å². The Bertz CT molecular complexity index is 671. The number of likely N-dealkylation sites (tertiary alicyclic amines) is 1. The quantitative estimate of drug-likeness (QED) is 0.583. The third-order valence-electron chi connectivity index (χ3n) is 6.43. The van der Waals surface area contributed by atoms with E-state index in [1.165, 1.54) is 0 Å². The monoisotopic (exact) mass is 419 g/mol. The zero-order chi connectivity index (χ0) is 21.5. The summed E-state index contributed by atoms with van der Waals surface area (Å²) in [5.74, 6) is -0.409. The van der Waals surface area contributed by atoms with E-state index >= 15 is 0 Å². The molecule has 166 valence electrons. The van der Waals surface area contributed by atoms with Gasteiger partial charge < -0.3 is 25.2 Å². The molecular weight excluding hydrogens is 386 g/mol. The molecule has 1 aliphatic carbocycles. The molecule has 2 aliphatic heterocycles. The number of nitriles is 1. The lowest BCUT2D eigenvalue weighted by Gasteiger charge is -2.38. The molecule has 1 saturated carbocycles. The smallest absolute Gasteiger partial charge is 0.330 e. The molecule has 0 aromatic heterocycles. The van der Waals surface area contributed by atoms with Gasteiger partial charge in [-0.05, 0) is 45.4 Å². The summed E-state index contributed by atoms with van der Waals surface area (Å²) >= 11 is 0. The molecule has 2 heterocycles.